The van der Waals surface area contributed by atoms with Gasteiger partial charge in [0.2, 0.25) is 0 Å². The molecule has 0 spiro atoms. The predicted molar refractivity (Wildman–Crippen MR) is 113 cm³/mol. The SMILES string of the molecule is Cc1cccc(NS(=O)(=O)c2ccc(OCC(=O)NC3CCN(C)CC3)cc2)c1. The summed E-state index contributed by atoms with van der Waals surface area (Å²) in [5.41, 5.74) is 1.48. The normalized spacial score (nSPS) is 15.7. The van der Waals surface area contributed by atoms with Crippen molar-refractivity contribution < 1.29 is 17.9 Å². The highest BCUT2D eigenvalue weighted by Gasteiger charge is 2.19. The average molecular weight is 418 g/mol. The van der Waals surface area contributed by atoms with Crippen LogP contribution in [0.1, 0.15) is 18.4 Å². The number of nitrogens with one attached hydrogen (secondary N) is 2. The summed E-state index contributed by atoms with van der Waals surface area (Å²) in [6.07, 6.45) is 1.87. The number of ether oxygens (including phenoxy) is 1. The molecule has 3 rings (SSSR count). The molecule has 7 nitrogen and oxygen atoms in total. The zero-order valence-electron chi connectivity index (χ0n) is 16.7. The summed E-state index contributed by atoms with van der Waals surface area (Å²) in [5, 5.41) is 2.98. The minimum absolute atomic E-state index is 0.0972. The molecule has 2 N–H and O–H groups in total. The predicted octanol–water partition coefficient (Wildman–Crippen LogP) is 2.39. The molecule has 1 saturated heterocycles. The van der Waals surface area contributed by atoms with Gasteiger partial charge in [0.1, 0.15) is 5.75 Å². The molecule has 0 radical (unpaired) electrons. The van der Waals surface area contributed by atoms with E-state index < -0.39 is 10.0 Å². The van der Waals surface area contributed by atoms with Gasteiger partial charge in [-0.3, -0.25) is 9.52 Å². The Labute approximate surface area is 172 Å². The fraction of sp³-hybridized carbons (Fsp3) is 0.381. The van der Waals surface area contributed by atoms with Crippen LogP contribution in [0.2, 0.25) is 0 Å². The van der Waals surface area contributed by atoms with Crippen molar-refractivity contribution in [1.29, 1.82) is 0 Å². The van der Waals surface area contributed by atoms with Crippen LogP contribution in [0.25, 0.3) is 0 Å². The van der Waals surface area contributed by atoms with Gasteiger partial charge in [-0.25, -0.2) is 8.42 Å². The Hall–Kier alpha value is -2.58. The summed E-state index contributed by atoms with van der Waals surface area (Å²) >= 11 is 0. The molecule has 8 heteroatoms. The van der Waals surface area contributed by atoms with Gasteiger partial charge < -0.3 is 15.0 Å². The van der Waals surface area contributed by atoms with Crippen LogP contribution in [0.5, 0.6) is 5.75 Å². The second kappa shape index (κ2) is 9.28. The number of benzene rings is 2. The number of piperidine rings is 1. The zero-order chi connectivity index (χ0) is 20.9. The Bertz CT molecular complexity index is 937. The van der Waals surface area contributed by atoms with E-state index in [1.165, 1.54) is 12.1 Å². The first-order valence-electron chi connectivity index (χ1n) is 9.62. The van der Waals surface area contributed by atoms with E-state index in [2.05, 4.69) is 22.0 Å². The van der Waals surface area contributed by atoms with E-state index in [0.29, 0.717) is 11.4 Å². The fourth-order valence-electron chi connectivity index (χ4n) is 3.21. The van der Waals surface area contributed by atoms with Crippen molar-refractivity contribution in [2.24, 2.45) is 0 Å². The zero-order valence-corrected chi connectivity index (χ0v) is 17.5. The molecular formula is C21H27N3O4S. The third kappa shape index (κ3) is 6.20. The average Bonchev–Trinajstić information content (AvgIpc) is 2.68. The monoisotopic (exact) mass is 417 g/mol. The number of rotatable bonds is 7. The van der Waals surface area contributed by atoms with Gasteiger partial charge in [0.05, 0.1) is 4.90 Å². The molecule has 2 aromatic rings. The molecule has 29 heavy (non-hydrogen) atoms. The Morgan fingerprint density at radius 1 is 1.14 bits per heavy atom. The molecule has 1 aliphatic heterocycles. The van der Waals surface area contributed by atoms with Crippen LogP contribution in [-0.4, -0.2) is 52.0 Å². The Kier molecular flexibility index (Phi) is 6.76. The molecule has 0 aromatic heterocycles. The molecule has 0 bridgehead atoms. The van der Waals surface area contributed by atoms with Crippen molar-refractivity contribution in [3.05, 3.63) is 54.1 Å². The number of nitrogens with zero attached hydrogens (tertiary/aromatic N) is 1. The van der Waals surface area contributed by atoms with Gasteiger partial charge in [-0.15, -0.1) is 0 Å². The van der Waals surface area contributed by atoms with Crippen LogP contribution < -0.4 is 14.8 Å². The standard InChI is InChI=1S/C21H27N3O4S/c1-16-4-3-5-18(14-16)23-29(26,27)20-8-6-19(7-9-20)28-15-21(25)22-17-10-12-24(2)13-11-17/h3-9,14,17,23H,10-13,15H2,1-2H3,(H,22,25). The molecule has 156 valence electrons. The van der Waals surface area contributed by atoms with Gasteiger partial charge in [-0.1, -0.05) is 12.1 Å². The van der Waals surface area contributed by atoms with Crippen molar-refractivity contribution in [2.45, 2.75) is 30.7 Å². The Morgan fingerprint density at radius 2 is 1.83 bits per heavy atom. The summed E-state index contributed by atoms with van der Waals surface area (Å²) in [6.45, 7) is 3.74. The second-order valence-corrected chi connectivity index (χ2v) is 9.06. The minimum Gasteiger partial charge on any atom is -0.484 e. The number of carbonyl (C=O) groups is 1. The van der Waals surface area contributed by atoms with Gasteiger partial charge in [0.25, 0.3) is 15.9 Å². The lowest BCUT2D eigenvalue weighted by atomic mass is 10.1. The topological polar surface area (TPSA) is 87.7 Å². The van der Waals surface area contributed by atoms with E-state index >= 15 is 0 Å². The van der Waals surface area contributed by atoms with Gasteiger partial charge in [-0.05, 0) is 81.9 Å². The van der Waals surface area contributed by atoms with Crippen LogP contribution in [0.4, 0.5) is 5.69 Å². The highest BCUT2D eigenvalue weighted by molar-refractivity contribution is 7.92. The Morgan fingerprint density at radius 3 is 2.48 bits per heavy atom. The van der Waals surface area contributed by atoms with Gasteiger partial charge in [0, 0.05) is 11.7 Å². The maximum Gasteiger partial charge on any atom is 0.261 e. The number of hydrogen-bond acceptors (Lipinski definition) is 5. The first-order chi connectivity index (χ1) is 13.8. The first kappa shape index (κ1) is 21.1. The number of sulfonamides is 1. The molecule has 1 amide bonds. The largest absolute Gasteiger partial charge is 0.484 e. The minimum atomic E-state index is -3.69. The molecular weight excluding hydrogens is 390 g/mol. The highest BCUT2D eigenvalue weighted by atomic mass is 32.2. The summed E-state index contributed by atoms with van der Waals surface area (Å²) in [4.78, 5) is 14.4. The van der Waals surface area contributed by atoms with E-state index in [-0.39, 0.29) is 23.5 Å². The maximum absolute atomic E-state index is 12.5. The van der Waals surface area contributed by atoms with E-state index in [9.17, 15) is 13.2 Å². The van der Waals surface area contributed by atoms with E-state index in [1.54, 1.807) is 30.3 Å². The van der Waals surface area contributed by atoms with Crippen LogP contribution in [0.3, 0.4) is 0 Å². The number of aryl methyl sites for hydroxylation is 1. The molecule has 1 heterocycles. The lowest BCUT2D eigenvalue weighted by Crippen LogP contribution is -2.44. The summed E-state index contributed by atoms with van der Waals surface area (Å²) < 4.78 is 33.1. The van der Waals surface area contributed by atoms with E-state index in [0.717, 1.165) is 31.5 Å². The number of hydrogen-bond donors (Lipinski definition) is 2. The van der Waals surface area contributed by atoms with Crippen molar-refractivity contribution >= 4 is 21.6 Å². The number of likely N-dealkylation sites (tertiary alicyclic amines) is 1. The molecule has 2 aromatic carbocycles. The lowest BCUT2D eigenvalue weighted by Gasteiger charge is -2.29. The van der Waals surface area contributed by atoms with Crippen LogP contribution >= 0.6 is 0 Å². The molecule has 0 saturated carbocycles. The Balaban J connectivity index is 1.52. The number of carbonyl (C=O) groups excluding carboxylic acids is 1. The summed E-state index contributed by atoms with van der Waals surface area (Å²) in [7, 11) is -1.62. The van der Waals surface area contributed by atoms with Crippen molar-refractivity contribution in [3.8, 4) is 5.75 Å². The van der Waals surface area contributed by atoms with Crippen LogP contribution in [0.15, 0.2) is 53.4 Å². The fourth-order valence-corrected chi connectivity index (χ4v) is 4.26. The molecule has 1 aliphatic rings. The molecule has 1 fully saturated rings. The smallest absolute Gasteiger partial charge is 0.261 e. The van der Waals surface area contributed by atoms with Crippen molar-refractivity contribution in [3.63, 3.8) is 0 Å². The third-order valence-electron chi connectivity index (χ3n) is 4.86. The second-order valence-electron chi connectivity index (χ2n) is 7.38. The summed E-state index contributed by atoms with van der Waals surface area (Å²) in [6, 6.07) is 13.4. The van der Waals surface area contributed by atoms with Gasteiger partial charge in [-0.2, -0.15) is 0 Å². The highest BCUT2D eigenvalue weighted by Crippen LogP contribution is 2.20. The van der Waals surface area contributed by atoms with Gasteiger partial charge >= 0.3 is 0 Å². The number of anilines is 1. The van der Waals surface area contributed by atoms with E-state index in [4.69, 9.17) is 4.74 Å². The maximum atomic E-state index is 12.5. The lowest BCUT2D eigenvalue weighted by molar-refractivity contribution is -0.124. The van der Waals surface area contributed by atoms with Crippen LogP contribution in [0, 0.1) is 6.92 Å². The quantitative estimate of drug-likeness (QED) is 0.722. The first-order valence-corrected chi connectivity index (χ1v) is 11.1. The van der Waals surface area contributed by atoms with Crippen molar-refractivity contribution in [1.82, 2.24) is 10.2 Å². The van der Waals surface area contributed by atoms with Crippen molar-refractivity contribution in [2.75, 3.05) is 31.5 Å². The van der Waals surface area contributed by atoms with Gasteiger partial charge in [0.15, 0.2) is 6.61 Å². The summed E-state index contributed by atoms with van der Waals surface area (Å²) in [5.74, 6) is 0.274. The van der Waals surface area contributed by atoms with Crippen LogP contribution in [-0.2, 0) is 14.8 Å². The number of amides is 1. The van der Waals surface area contributed by atoms with E-state index in [1.807, 2.05) is 13.0 Å². The molecule has 0 unspecified atom stereocenters. The molecule has 0 aliphatic carbocycles. The molecule has 0 atom stereocenters. The third-order valence-corrected chi connectivity index (χ3v) is 6.26.